The highest BCUT2D eigenvalue weighted by Gasteiger charge is 2.27. The Morgan fingerprint density at radius 1 is 0.417 bits per heavy atom. The van der Waals surface area contributed by atoms with Crippen molar-refractivity contribution >= 4 is 0 Å². The number of benzene rings is 4. The fraction of sp³-hybridized carbons (Fsp3) is 0.491. The van der Waals surface area contributed by atoms with Crippen molar-refractivity contribution < 1.29 is 9.47 Å². The molecule has 3 nitrogen and oxygen atoms in total. The largest absolute Gasteiger partial charge is 0.352 e. The van der Waals surface area contributed by atoms with Gasteiger partial charge in [-0.3, -0.25) is 4.98 Å². The molecule has 3 aliphatic rings. The lowest BCUT2D eigenvalue weighted by Crippen LogP contribution is -2.34. The predicted octanol–water partition coefficient (Wildman–Crippen LogP) is 13.8. The molecule has 2 heterocycles. The van der Waals surface area contributed by atoms with Crippen LogP contribution in [0, 0.1) is 29.6 Å². The van der Waals surface area contributed by atoms with Crippen LogP contribution in [0.25, 0.3) is 0 Å². The average molecular weight is 804 g/mol. The zero-order chi connectivity index (χ0) is 41.5. The molecule has 0 N–H and O–H groups in total. The van der Waals surface area contributed by atoms with E-state index < -0.39 is 0 Å². The van der Waals surface area contributed by atoms with E-state index in [1.165, 1.54) is 120 Å². The van der Waals surface area contributed by atoms with Gasteiger partial charge in [-0.25, -0.2) is 0 Å². The second kappa shape index (κ2) is 22.7. The Bertz CT molecular complexity index is 1940. The summed E-state index contributed by atoms with van der Waals surface area (Å²) in [5, 5.41) is 0. The molecular formula is C57H73NO2. The van der Waals surface area contributed by atoms with Crippen LogP contribution in [0.1, 0.15) is 141 Å². The lowest BCUT2D eigenvalue weighted by atomic mass is 9.79. The molecule has 0 radical (unpaired) electrons. The van der Waals surface area contributed by atoms with Gasteiger partial charge in [0, 0.05) is 30.7 Å². The first-order valence-electron chi connectivity index (χ1n) is 23.8. The van der Waals surface area contributed by atoms with E-state index in [2.05, 4.69) is 143 Å². The van der Waals surface area contributed by atoms with Gasteiger partial charge in [0.25, 0.3) is 0 Å². The molecule has 8 rings (SSSR count). The SMILES string of the molecule is CCc1ccc(Cc2ccc(CC3OCC(CC4CCC(C)CC4)CO3)cc2)cc1.CCc1ccc(Cc2ccc(Cc3ccc(CC4CCC(C)CC4)cn3)cc2)cc1. The molecule has 3 heteroatoms. The van der Waals surface area contributed by atoms with Crippen LogP contribution in [-0.2, 0) is 54.4 Å². The fourth-order valence-corrected chi connectivity index (χ4v) is 9.65. The van der Waals surface area contributed by atoms with Crippen molar-refractivity contribution in [1.29, 1.82) is 0 Å². The van der Waals surface area contributed by atoms with Gasteiger partial charge >= 0.3 is 0 Å². The first kappa shape index (κ1) is 44.0. The summed E-state index contributed by atoms with van der Waals surface area (Å²) in [7, 11) is 0. The van der Waals surface area contributed by atoms with Crippen LogP contribution < -0.4 is 0 Å². The summed E-state index contributed by atoms with van der Waals surface area (Å²) >= 11 is 0. The fourth-order valence-electron chi connectivity index (χ4n) is 9.65. The molecule has 2 saturated carbocycles. The number of aryl methyl sites for hydroxylation is 2. The molecule has 4 aromatic carbocycles. The van der Waals surface area contributed by atoms with Crippen molar-refractivity contribution in [2.45, 2.75) is 137 Å². The van der Waals surface area contributed by atoms with Gasteiger partial charge in [-0.1, -0.05) is 169 Å². The molecular weight excluding hydrogens is 731 g/mol. The molecule has 0 spiro atoms. The first-order valence-corrected chi connectivity index (χ1v) is 23.8. The molecule has 318 valence electrons. The van der Waals surface area contributed by atoms with E-state index >= 15 is 0 Å². The monoisotopic (exact) mass is 804 g/mol. The number of pyridine rings is 1. The zero-order valence-corrected chi connectivity index (χ0v) is 37.4. The van der Waals surface area contributed by atoms with Crippen molar-refractivity contribution in [1.82, 2.24) is 4.98 Å². The summed E-state index contributed by atoms with van der Waals surface area (Å²) < 4.78 is 12.2. The molecule has 0 unspecified atom stereocenters. The van der Waals surface area contributed by atoms with Crippen molar-refractivity contribution in [3.05, 3.63) is 171 Å². The number of nitrogens with zero attached hydrogens (tertiary/aromatic N) is 1. The number of rotatable bonds is 14. The smallest absolute Gasteiger partial charge is 0.161 e. The van der Waals surface area contributed by atoms with E-state index in [0.29, 0.717) is 5.92 Å². The number of hydrogen-bond acceptors (Lipinski definition) is 3. The average Bonchev–Trinajstić information content (AvgIpc) is 3.29. The third-order valence-electron chi connectivity index (χ3n) is 13.9. The molecule has 0 atom stereocenters. The maximum atomic E-state index is 6.08. The summed E-state index contributed by atoms with van der Waals surface area (Å²) in [4.78, 5) is 4.76. The Balaban J connectivity index is 0.000000181. The highest BCUT2D eigenvalue weighted by atomic mass is 16.7. The van der Waals surface area contributed by atoms with Crippen molar-refractivity contribution in [2.75, 3.05) is 13.2 Å². The minimum atomic E-state index is -0.0833. The molecule has 2 aliphatic carbocycles. The van der Waals surface area contributed by atoms with Crippen LogP contribution in [0.15, 0.2) is 115 Å². The van der Waals surface area contributed by atoms with Crippen LogP contribution in [0.4, 0.5) is 0 Å². The van der Waals surface area contributed by atoms with Crippen molar-refractivity contribution in [3.63, 3.8) is 0 Å². The Morgan fingerprint density at radius 3 is 1.25 bits per heavy atom. The summed E-state index contributed by atoms with van der Waals surface area (Å²) in [5.74, 6) is 4.19. The van der Waals surface area contributed by atoms with Crippen molar-refractivity contribution in [3.8, 4) is 0 Å². The summed E-state index contributed by atoms with van der Waals surface area (Å²) in [6, 6.07) is 40.5. The number of aromatic nitrogens is 1. The van der Waals surface area contributed by atoms with Gasteiger partial charge in [0.1, 0.15) is 0 Å². The molecule has 1 saturated heterocycles. The van der Waals surface area contributed by atoms with E-state index in [0.717, 1.165) is 75.4 Å². The van der Waals surface area contributed by atoms with Gasteiger partial charge < -0.3 is 9.47 Å². The van der Waals surface area contributed by atoms with E-state index in [9.17, 15) is 0 Å². The van der Waals surface area contributed by atoms with Gasteiger partial charge in [-0.15, -0.1) is 0 Å². The molecule has 60 heavy (non-hydrogen) atoms. The Labute approximate surface area is 363 Å². The zero-order valence-electron chi connectivity index (χ0n) is 37.4. The summed E-state index contributed by atoms with van der Waals surface area (Å²) in [6.07, 6.45) is 21.6. The molecule has 1 aromatic heterocycles. The van der Waals surface area contributed by atoms with E-state index in [4.69, 9.17) is 14.5 Å². The first-order chi connectivity index (χ1) is 29.3. The van der Waals surface area contributed by atoms with Crippen LogP contribution in [-0.4, -0.2) is 24.5 Å². The second-order valence-corrected chi connectivity index (χ2v) is 19.0. The topological polar surface area (TPSA) is 31.4 Å². The maximum absolute atomic E-state index is 6.08. The predicted molar refractivity (Wildman–Crippen MR) is 251 cm³/mol. The third kappa shape index (κ3) is 14.0. The highest BCUT2D eigenvalue weighted by Crippen LogP contribution is 2.34. The third-order valence-corrected chi connectivity index (χ3v) is 13.9. The van der Waals surface area contributed by atoms with Crippen LogP contribution >= 0.6 is 0 Å². The van der Waals surface area contributed by atoms with Crippen LogP contribution in [0.5, 0.6) is 0 Å². The Kier molecular flexibility index (Phi) is 16.6. The molecule has 1 aliphatic heterocycles. The number of hydrogen-bond donors (Lipinski definition) is 0. The van der Waals surface area contributed by atoms with E-state index in [1.54, 1.807) is 0 Å². The molecule has 5 aromatic rings. The van der Waals surface area contributed by atoms with E-state index in [1.807, 2.05) is 0 Å². The Morgan fingerprint density at radius 2 is 0.817 bits per heavy atom. The molecule has 0 amide bonds. The van der Waals surface area contributed by atoms with Gasteiger partial charge in [0.15, 0.2) is 6.29 Å². The normalized spacial score (nSPS) is 23.1. The lowest BCUT2D eigenvalue weighted by molar-refractivity contribution is -0.201. The molecule has 3 fully saturated rings. The lowest BCUT2D eigenvalue weighted by Gasteiger charge is -2.33. The van der Waals surface area contributed by atoms with Crippen LogP contribution in [0.2, 0.25) is 0 Å². The van der Waals surface area contributed by atoms with Gasteiger partial charge in [0.2, 0.25) is 0 Å². The quantitative estimate of drug-likeness (QED) is 0.112. The highest BCUT2D eigenvalue weighted by molar-refractivity contribution is 5.33. The Hall–Kier alpha value is -4.05. The minimum absolute atomic E-state index is 0.0833. The summed E-state index contributed by atoms with van der Waals surface area (Å²) in [6.45, 7) is 10.9. The van der Waals surface area contributed by atoms with Gasteiger partial charge in [0.05, 0.1) is 13.2 Å². The van der Waals surface area contributed by atoms with Gasteiger partial charge in [-0.2, -0.15) is 0 Å². The summed E-state index contributed by atoms with van der Waals surface area (Å²) in [5.41, 5.74) is 13.5. The standard InChI is InChI=1S/C29H35N.C28H38O2/c1-3-23-8-10-25(11-9-23)18-26-12-14-27(15-13-26)20-29-17-16-28(21-30-29)19-24-6-4-22(2)5-7-24;1-3-22-8-10-24(11-9-22)16-25-12-14-26(15-13-25)18-28-29-19-27(20-30-28)17-23-6-4-21(2)5-7-23/h8-17,21-22,24H,3-7,18-20H2,1-2H3;8-15,21,23,27-28H,3-7,16-20H2,1-2H3. The van der Waals surface area contributed by atoms with E-state index in [-0.39, 0.29) is 6.29 Å². The number of ether oxygens (including phenoxy) is 2. The second-order valence-electron chi connectivity index (χ2n) is 19.0. The van der Waals surface area contributed by atoms with Crippen LogP contribution in [0.3, 0.4) is 0 Å². The van der Waals surface area contributed by atoms with Crippen molar-refractivity contribution in [2.24, 2.45) is 29.6 Å². The maximum Gasteiger partial charge on any atom is 0.161 e. The molecule has 0 bridgehead atoms. The van der Waals surface area contributed by atoms with Gasteiger partial charge in [-0.05, 0) is 131 Å². The minimum Gasteiger partial charge on any atom is -0.352 e.